The predicted octanol–water partition coefficient (Wildman–Crippen LogP) is 3.13. The van der Waals surface area contributed by atoms with E-state index in [1.165, 1.54) is 12.8 Å². The second-order valence-electron chi connectivity index (χ2n) is 5.80. The van der Waals surface area contributed by atoms with Crippen LogP contribution in [0.25, 0.3) is 0 Å². The summed E-state index contributed by atoms with van der Waals surface area (Å²) < 4.78 is 0. The molecule has 0 aliphatic carbocycles. The highest BCUT2D eigenvalue weighted by molar-refractivity contribution is 6.33. The van der Waals surface area contributed by atoms with Crippen molar-refractivity contribution in [3.05, 3.63) is 29.3 Å². The fourth-order valence-electron chi connectivity index (χ4n) is 2.96. The molecule has 5 heteroatoms. The lowest BCUT2D eigenvalue weighted by atomic mass is 10.0. The molecule has 1 heterocycles. The van der Waals surface area contributed by atoms with Gasteiger partial charge in [-0.25, -0.2) is 0 Å². The standard InChI is InChI=1S/C17H26ClN3O/c1-2-12-21(14-7-10-19-11-8-14)13-9-17(22)20-16-6-4-3-5-15(16)18/h3-6,14,19H,2,7-13H2,1H3,(H,20,22). The molecule has 1 aromatic rings. The van der Waals surface area contributed by atoms with E-state index in [2.05, 4.69) is 22.5 Å². The number of para-hydroxylation sites is 1. The van der Waals surface area contributed by atoms with E-state index >= 15 is 0 Å². The highest BCUT2D eigenvalue weighted by Gasteiger charge is 2.20. The Bertz CT molecular complexity index is 475. The van der Waals surface area contributed by atoms with Gasteiger partial charge in [-0.1, -0.05) is 30.7 Å². The minimum Gasteiger partial charge on any atom is -0.325 e. The Morgan fingerprint density at radius 2 is 2.05 bits per heavy atom. The average Bonchev–Trinajstić information content (AvgIpc) is 2.54. The van der Waals surface area contributed by atoms with Crippen molar-refractivity contribution >= 4 is 23.2 Å². The molecule has 1 aliphatic rings. The molecule has 0 saturated carbocycles. The van der Waals surface area contributed by atoms with Crippen LogP contribution >= 0.6 is 11.6 Å². The molecular formula is C17H26ClN3O. The summed E-state index contributed by atoms with van der Waals surface area (Å²) in [5.41, 5.74) is 0.693. The first-order chi connectivity index (χ1) is 10.7. The van der Waals surface area contributed by atoms with Crippen LogP contribution in [0.3, 0.4) is 0 Å². The van der Waals surface area contributed by atoms with Crippen LogP contribution in [0, 0.1) is 0 Å². The zero-order valence-electron chi connectivity index (χ0n) is 13.3. The molecule has 22 heavy (non-hydrogen) atoms. The molecule has 0 aromatic heterocycles. The maximum atomic E-state index is 12.1. The summed E-state index contributed by atoms with van der Waals surface area (Å²) in [5.74, 6) is 0.0307. The lowest BCUT2D eigenvalue weighted by Crippen LogP contribution is -2.44. The van der Waals surface area contributed by atoms with Gasteiger partial charge in [0.1, 0.15) is 0 Å². The zero-order valence-corrected chi connectivity index (χ0v) is 14.0. The van der Waals surface area contributed by atoms with Crippen LogP contribution in [0.15, 0.2) is 24.3 Å². The highest BCUT2D eigenvalue weighted by Crippen LogP contribution is 2.20. The highest BCUT2D eigenvalue weighted by atomic mass is 35.5. The summed E-state index contributed by atoms with van der Waals surface area (Å²) in [7, 11) is 0. The third-order valence-corrected chi connectivity index (χ3v) is 4.44. The summed E-state index contributed by atoms with van der Waals surface area (Å²) in [6.07, 6.45) is 3.98. The van der Waals surface area contributed by atoms with Crippen molar-refractivity contribution in [2.24, 2.45) is 0 Å². The van der Waals surface area contributed by atoms with Gasteiger partial charge in [0.2, 0.25) is 5.91 Å². The van der Waals surface area contributed by atoms with Crippen molar-refractivity contribution in [2.75, 3.05) is 31.5 Å². The van der Waals surface area contributed by atoms with Crippen LogP contribution in [-0.4, -0.2) is 43.0 Å². The zero-order chi connectivity index (χ0) is 15.8. The Kier molecular flexibility index (Phi) is 7.16. The maximum absolute atomic E-state index is 12.1. The molecule has 2 N–H and O–H groups in total. The Labute approximate surface area is 138 Å². The second-order valence-corrected chi connectivity index (χ2v) is 6.20. The van der Waals surface area contributed by atoms with E-state index in [4.69, 9.17) is 11.6 Å². The van der Waals surface area contributed by atoms with E-state index in [0.29, 0.717) is 23.2 Å². The van der Waals surface area contributed by atoms with E-state index in [1.807, 2.05) is 18.2 Å². The van der Waals surface area contributed by atoms with E-state index < -0.39 is 0 Å². The summed E-state index contributed by atoms with van der Waals surface area (Å²) in [6, 6.07) is 7.96. The molecule has 0 atom stereocenters. The minimum atomic E-state index is 0.0307. The van der Waals surface area contributed by atoms with Crippen LogP contribution in [0.2, 0.25) is 5.02 Å². The molecule has 0 bridgehead atoms. The Hall–Kier alpha value is -1.10. The van der Waals surface area contributed by atoms with Gasteiger partial charge < -0.3 is 10.6 Å². The van der Waals surface area contributed by atoms with Crippen molar-refractivity contribution < 1.29 is 4.79 Å². The van der Waals surface area contributed by atoms with E-state index in [1.54, 1.807) is 6.07 Å². The molecule has 1 fully saturated rings. The van der Waals surface area contributed by atoms with Gasteiger partial charge in [-0.15, -0.1) is 0 Å². The Morgan fingerprint density at radius 1 is 1.32 bits per heavy atom. The molecule has 1 amide bonds. The number of halogens is 1. The van der Waals surface area contributed by atoms with Gasteiger partial charge in [0.15, 0.2) is 0 Å². The van der Waals surface area contributed by atoms with Crippen LogP contribution in [0.1, 0.15) is 32.6 Å². The predicted molar refractivity (Wildman–Crippen MR) is 92.5 cm³/mol. The number of anilines is 1. The van der Waals surface area contributed by atoms with E-state index in [9.17, 15) is 4.79 Å². The van der Waals surface area contributed by atoms with Crippen molar-refractivity contribution in [3.8, 4) is 0 Å². The van der Waals surface area contributed by atoms with Gasteiger partial charge in [0.05, 0.1) is 10.7 Å². The van der Waals surface area contributed by atoms with Gasteiger partial charge in [-0.05, 0) is 51.0 Å². The molecule has 1 saturated heterocycles. The topological polar surface area (TPSA) is 44.4 Å². The number of rotatable bonds is 7. The molecule has 1 aromatic carbocycles. The number of amides is 1. The van der Waals surface area contributed by atoms with Crippen LogP contribution in [-0.2, 0) is 4.79 Å². The maximum Gasteiger partial charge on any atom is 0.225 e. The molecule has 0 spiro atoms. The summed E-state index contributed by atoms with van der Waals surface area (Å²) in [4.78, 5) is 14.6. The van der Waals surface area contributed by atoms with E-state index in [-0.39, 0.29) is 5.91 Å². The average molecular weight is 324 g/mol. The Morgan fingerprint density at radius 3 is 2.73 bits per heavy atom. The molecule has 2 rings (SSSR count). The number of hydrogen-bond acceptors (Lipinski definition) is 3. The SMILES string of the molecule is CCCN(CCC(=O)Nc1ccccc1Cl)C1CCNCC1. The molecular weight excluding hydrogens is 298 g/mol. The molecule has 1 aliphatic heterocycles. The van der Waals surface area contributed by atoms with Gasteiger partial charge in [-0.3, -0.25) is 9.69 Å². The third-order valence-electron chi connectivity index (χ3n) is 4.11. The smallest absolute Gasteiger partial charge is 0.225 e. The molecule has 4 nitrogen and oxygen atoms in total. The monoisotopic (exact) mass is 323 g/mol. The van der Waals surface area contributed by atoms with Crippen molar-refractivity contribution in [2.45, 2.75) is 38.6 Å². The first-order valence-corrected chi connectivity index (χ1v) is 8.57. The number of piperidine rings is 1. The molecule has 0 radical (unpaired) electrons. The number of benzene rings is 1. The number of carbonyl (C=O) groups excluding carboxylic acids is 1. The largest absolute Gasteiger partial charge is 0.325 e. The van der Waals surface area contributed by atoms with Gasteiger partial charge in [0.25, 0.3) is 0 Å². The number of carbonyl (C=O) groups is 1. The van der Waals surface area contributed by atoms with Crippen LogP contribution < -0.4 is 10.6 Å². The fraction of sp³-hybridized carbons (Fsp3) is 0.588. The minimum absolute atomic E-state index is 0.0307. The third kappa shape index (κ3) is 5.27. The van der Waals surface area contributed by atoms with Crippen molar-refractivity contribution in [1.82, 2.24) is 10.2 Å². The van der Waals surface area contributed by atoms with Crippen molar-refractivity contribution in [1.29, 1.82) is 0 Å². The molecule has 0 unspecified atom stereocenters. The van der Waals surface area contributed by atoms with Gasteiger partial charge in [0, 0.05) is 19.0 Å². The van der Waals surface area contributed by atoms with Crippen LogP contribution in [0.4, 0.5) is 5.69 Å². The number of nitrogens with one attached hydrogen (secondary N) is 2. The summed E-state index contributed by atoms with van der Waals surface area (Å²) in [6.45, 7) is 6.23. The number of nitrogens with zero attached hydrogens (tertiary/aromatic N) is 1. The quantitative estimate of drug-likeness (QED) is 0.810. The summed E-state index contributed by atoms with van der Waals surface area (Å²) >= 11 is 6.07. The van der Waals surface area contributed by atoms with Crippen LogP contribution in [0.5, 0.6) is 0 Å². The lowest BCUT2D eigenvalue weighted by Gasteiger charge is -2.34. The van der Waals surface area contributed by atoms with Crippen molar-refractivity contribution in [3.63, 3.8) is 0 Å². The second kappa shape index (κ2) is 9.13. The summed E-state index contributed by atoms with van der Waals surface area (Å²) in [5, 5.41) is 6.88. The normalized spacial score (nSPS) is 16.0. The first-order valence-electron chi connectivity index (χ1n) is 8.20. The molecule has 122 valence electrons. The Balaban J connectivity index is 1.83. The fourth-order valence-corrected chi connectivity index (χ4v) is 3.14. The first kappa shape index (κ1) is 17.3. The van der Waals surface area contributed by atoms with E-state index in [0.717, 1.165) is 32.6 Å². The van der Waals surface area contributed by atoms with Gasteiger partial charge in [-0.2, -0.15) is 0 Å². The lowest BCUT2D eigenvalue weighted by molar-refractivity contribution is -0.116. The van der Waals surface area contributed by atoms with Gasteiger partial charge >= 0.3 is 0 Å². The number of hydrogen-bond donors (Lipinski definition) is 2.